The number of hydrogen-bond donors (Lipinski definition) is 0. The normalized spacial score (nSPS) is 26.2. The summed E-state index contributed by atoms with van der Waals surface area (Å²) in [5.74, 6) is 3.53. The van der Waals surface area contributed by atoms with Gasteiger partial charge in [-0.15, -0.1) is 0 Å². The zero-order valence-electron chi connectivity index (χ0n) is 21.3. The summed E-state index contributed by atoms with van der Waals surface area (Å²) in [6.07, 6.45) is 16.8. The van der Waals surface area contributed by atoms with Crippen LogP contribution in [0.2, 0.25) is 0 Å². The van der Waals surface area contributed by atoms with Crippen LogP contribution >= 0.6 is 0 Å². The summed E-state index contributed by atoms with van der Waals surface area (Å²) in [7, 11) is 0. The third kappa shape index (κ3) is 5.49. The monoisotopic (exact) mass is 430 g/mol. The van der Waals surface area contributed by atoms with Crippen molar-refractivity contribution < 1.29 is 0 Å². The van der Waals surface area contributed by atoms with Crippen molar-refractivity contribution in [2.75, 3.05) is 0 Å². The molecule has 2 saturated carbocycles. The predicted octanol–water partition coefficient (Wildman–Crippen LogP) is 10.1. The molecule has 2 aliphatic rings. The molecule has 0 nitrogen and oxygen atoms in total. The van der Waals surface area contributed by atoms with Crippen LogP contribution in [0.5, 0.6) is 0 Å². The summed E-state index contributed by atoms with van der Waals surface area (Å²) < 4.78 is 0. The zero-order chi connectivity index (χ0) is 22.5. The van der Waals surface area contributed by atoms with E-state index in [4.69, 9.17) is 0 Å². The molecule has 2 aromatic rings. The van der Waals surface area contributed by atoms with Gasteiger partial charge in [-0.3, -0.25) is 0 Å². The van der Waals surface area contributed by atoms with Gasteiger partial charge in [0.15, 0.2) is 0 Å². The van der Waals surface area contributed by atoms with Crippen LogP contribution in [-0.2, 0) is 0 Å². The fraction of sp³-hybridized carbons (Fsp3) is 0.625. The van der Waals surface area contributed by atoms with Gasteiger partial charge in [-0.05, 0) is 122 Å². The minimum Gasteiger partial charge on any atom is -0.0654 e. The van der Waals surface area contributed by atoms with Crippen LogP contribution in [0.15, 0.2) is 36.4 Å². The highest BCUT2D eigenvalue weighted by Crippen LogP contribution is 2.41. The van der Waals surface area contributed by atoms with Crippen LogP contribution in [-0.4, -0.2) is 0 Å². The molecule has 0 amide bonds. The van der Waals surface area contributed by atoms with Crippen molar-refractivity contribution in [1.82, 2.24) is 0 Å². The Hall–Kier alpha value is -1.56. The van der Waals surface area contributed by atoms with Crippen LogP contribution in [0.25, 0.3) is 11.1 Å². The second kappa shape index (κ2) is 11.0. The second-order valence-electron chi connectivity index (χ2n) is 11.2. The Balaban J connectivity index is 1.43. The van der Waals surface area contributed by atoms with E-state index < -0.39 is 0 Å². The first-order valence-corrected chi connectivity index (χ1v) is 13.8. The summed E-state index contributed by atoms with van der Waals surface area (Å²) >= 11 is 0. The van der Waals surface area contributed by atoms with Gasteiger partial charge in [0, 0.05) is 0 Å². The molecule has 0 N–H and O–H groups in total. The minimum absolute atomic E-state index is 0.780. The number of hydrogen-bond acceptors (Lipinski definition) is 0. The lowest BCUT2D eigenvalue weighted by Gasteiger charge is -2.30. The average molecular weight is 431 g/mol. The van der Waals surface area contributed by atoms with Gasteiger partial charge in [-0.1, -0.05) is 75.9 Å². The van der Waals surface area contributed by atoms with E-state index in [9.17, 15) is 0 Å². The Kier molecular flexibility index (Phi) is 8.14. The van der Waals surface area contributed by atoms with Gasteiger partial charge in [-0.2, -0.15) is 0 Å². The molecule has 0 unspecified atom stereocenters. The van der Waals surface area contributed by atoms with Crippen LogP contribution in [0, 0.1) is 25.7 Å². The summed E-state index contributed by atoms with van der Waals surface area (Å²) in [5, 5.41) is 0. The Morgan fingerprint density at radius 3 is 1.75 bits per heavy atom. The second-order valence-corrected chi connectivity index (χ2v) is 11.2. The van der Waals surface area contributed by atoms with E-state index in [0.717, 1.165) is 23.7 Å². The molecule has 0 radical (unpaired) electrons. The van der Waals surface area contributed by atoms with Gasteiger partial charge in [0.1, 0.15) is 0 Å². The number of rotatable bonds is 7. The minimum atomic E-state index is 0.780. The summed E-state index contributed by atoms with van der Waals surface area (Å²) in [6.45, 7) is 9.33. The quantitative estimate of drug-likeness (QED) is 0.410. The molecule has 0 heterocycles. The zero-order valence-corrected chi connectivity index (χ0v) is 21.3. The van der Waals surface area contributed by atoms with Crippen LogP contribution in [0.1, 0.15) is 125 Å². The van der Waals surface area contributed by atoms with E-state index in [-0.39, 0.29) is 0 Å². The maximum absolute atomic E-state index is 2.50. The van der Waals surface area contributed by atoms with E-state index in [1.165, 1.54) is 99.3 Å². The molecule has 0 spiro atoms. The van der Waals surface area contributed by atoms with Crippen LogP contribution < -0.4 is 0 Å². The summed E-state index contributed by atoms with van der Waals surface area (Å²) in [5.41, 5.74) is 8.97. The molecular weight excluding hydrogens is 384 g/mol. The number of benzene rings is 2. The highest BCUT2D eigenvalue weighted by Gasteiger charge is 2.24. The van der Waals surface area contributed by atoms with Crippen molar-refractivity contribution in [3.63, 3.8) is 0 Å². The first-order chi connectivity index (χ1) is 15.6. The summed E-state index contributed by atoms with van der Waals surface area (Å²) in [4.78, 5) is 0. The topological polar surface area (TPSA) is 0 Å². The van der Waals surface area contributed by atoms with Crippen LogP contribution in [0.4, 0.5) is 0 Å². The van der Waals surface area contributed by atoms with Crippen molar-refractivity contribution in [1.29, 1.82) is 0 Å². The SMILES string of the molecule is CCCC1CCC(c2ccc(-c3ccc(C4CCC(CCC)CC4)c(C)c3)c(C)c2)CC1. The molecule has 0 heteroatoms. The molecule has 0 aromatic heterocycles. The largest absolute Gasteiger partial charge is 0.0654 e. The third-order valence-corrected chi connectivity index (χ3v) is 8.83. The molecule has 0 aliphatic heterocycles. The molecule has 32 heavy (non-hydrogen) atoms. The molecule has 0 bridgehead atoms. The van der Waals surface area contributed by atoms with Gasteiger partial charge in [0.25, 0.3) is 0 Å². The number of aryl methyl sites for hydroxylation is 2. The summed E-state index contributed by atoms with van der Waals surface area (Å²) in [6, 6.07) is 14.7. The van der Waals surface area contributed by atoms with Gasteiger partial charge >= 0.3 is 0 Å². The Morgan fingerprint density at radius 2 is 1.22 bits per heavy atom. The average Bonchev–Trinajstić information content (AvgIpc) is 2.81. The van der Waals surface area contributed by atoms with E-state index in [0.29, 0.717) is 0 Å². The third-order valence-electron chi connectivity index (χ3n) is 8.83. The molecule has 2 fully saturated rings. The fourth-order valence-electron chi connectivity index (χ4n) is 6.93. The van der Waals surface area contributed by atoms with Crippen molar-refractivity contribution in [2.45, 2.75) is 117 Å². The first-order valence-electron chi connectivity index (χ1n) is 13.8. The Bertz CT molecular complexity index is 860. The van der Waals surface area contributed by atoms with E-state index >= 15 is 0 Å². The van der Waals surface area contributed by atoms with E-state index in [2.05, 4.69) is 64.1 Å². The maximum atomic E-state index is 2.50. The standard InChI is InChI=1S/C32H46/c1-5-7-25-9-13-27(14-10-25)29-17-19-32(23(3)21-29)30-18-20-31(24(4)22-30)28-15-11-26(8-6-2)12-16-28/h17-22,25-28H,5-16H2,1-4H3. The molecule has 0 atom stereocenters. The van der Waals surface area contributed by atoms with E-state index in [1.807, 2.05) is 0 Å². The smallest absolute Gasteiger partial charge is 0.0154 e. The van der Waals surface area contributed by atoms with Crippen molar-refractivity contribution in [2.24, 2.45) is 11.8 Å². The lowest BCUT2D eigenvalue weighted by molar-refractivity contribution is 0.308. The molecule has 2 aromatic carbocycles. The highest BCUT2D eigenvalue weighted by atomic mass is 14.3. The van der Waals surface area contributed by atoms with Crippen LogP contribution in [0.3, 0.4) is 0 Å². The van der Waals surface area contributed by atoms with Crippen molar-refractivity contribution in [3.05, 3.63) is 58.7 Å². The highest BCUT2D eigenvalue weighted by molar-refractivity contribution is 5.69. The lowest BCUT2D eigenvalue weighted by Crippen LogP contribution is -2.14. The fourth-order valence-corrected chi connectivity index (χ4v) is 6.93. The Morgan fingerprint density at radius 1 is 0.625 bits per heavy atom. The van der Waals surface area contributed by atoms with Gasteiger partial charge in [-0.25, -0.2) is 0 Å². The van der Waals surface area contributed by atoms with Crippen molar-refractivity contribution in [3.8, 4) is 11.1 Å². The first kappa shape index (κ1) is 23.6. The lowest BCUT2D eigenvalue weighted by atomic mass is 9.75. The van der Waals surface area contributed by atoms with Crippen molar-refractivity contribution >= 4 is 0 Å². The van der Waals surface area contributed by atoms with Gasteiger partial charge in [0.2, 0.25) is 0 Å². The maximum Gasteiger partial charge on any atom is -0.0154 e. The van der Waals surface area contributed by atoms with Gasteiger partial charge in [0.05, 0.1) is 0 Å². The van der Waals surface area contributed by atoms with E-state index in [1.54, 1.807) is 11.1 Å². The molecule has 174 valence electrons. The van der Waals surface area contributed by atoms with Gasteiger partial charge < -0.3 is 0 Å². The molecular formula is C32H46. The Labute approximate surface area is 198 Å². The molecule has 4 rings (SSSR count). The molecule has 2 aliphatic carbocycles. The molecule has 0 saturated heterocycles. The predicted molar refractivity (Wildman–Crippen MR) is 141 cm³/mol.